The number of rotatable bonds is 3. The van der Waals surface area contributed by atoms with Crippen LogP contribution in [0.3, 0.4) is 0 Å². The first-order chi connectivity index (χ1) is 14.3. The number of ether oxygens (including phenoxy) is 1. The van der Waals surface area contributed by atoms with E-state index in [4.69, 9.17) is 9.73 Å². The molecule has 2 heterocycles. The van der Waals surface area contributed by atoms with Crippen LogP contribution in [-0.2, 0) is 4.79 Å². The molecule has 7 nitrogen and oxygen atoms in total. The second-order valence-corrected chi connectivity index (χ2v) is 10.0. The van der Waals surface area contributed by atoms with E-state index in [-0.39, 0.29) is 17.4 Å². The molecule has 2 aromatic carbocycles. The number of aromatic hydroxyl groups is 1. The molecular formula is C19H15Br3N4O3S. The maximum atomic E-state index is 13.1. The zero-order valence-electron chi connectivity index (χ0n) is 15.7. The maximum absolute atomic E-state index is 13.1. The van der Waals surface area contributed by atoms with Crippen LogP contribution in [0, 0.1) is 0 Å². The number of halogens is 3. The Labute approximate surface area is 201 Å². The van der Waals surface area contributed by atoms with Crippen LogP contribution in [0.5, 0.6) is 11.5 Å². The highest BCUT2D eigenvalue weighted by Gasteiger charge is 2.36. The molecule has 156 valence electrons. The third-order valence-electron chi connectivity index (χ3n) is 4.52. The Morgan fingerprint density at radius 2 is 2.03 bits per heavy atom. The summed E-state index contributed by atoms with van der Waals surface area (Å²) in [6.45, 7) is 1.99. The smallest absolute Gasteiger partial charge is 0.276 e. The van der Waals surface area contributed by atoms with Gasteiger partial charge in [0.05, 0.1) is 16.9 Å². The number of benzene rings is 2. The third kappa shape index (κ3) is 3.65. The highest BCUT2D eigenvalue weighted by molar-refractivity contribution is 9.13. The van der Waals surface area contributed by atoms with Crippen LogP contribution in [0.15, 0.2) is 47.8 Å². The number of carbonyl (C=O) groups is 1. The lowest BCUT2D eigenvalue weighted by atomic mass is 10.1. The second-order valence-electron chi connectivity index (χ2n) is 6.29. The molecule has 2 N–H and O–H groups in total. The summed E-state index contributed by atoms with van der Waals surface area (Å²) in [5.41, 5.74) is 1.09. The molecule has 0 fully saturated rings. The highest BCUT2D eigenvalue weighted by atomic mass is 79.9. The van der Waals surface area contributed by atoms with Gasteiger partial charge in [-0.2, -0.15) is 0 Å². The Balaban J connectivity index is 2.02. The Kier molecular flexibility index (Phi) is 6.16. The molecule has 11 heteroatoms. The minimum absolute atomic E-state index is 0.0282. The van der Waals surface area contributed by atoms with Crippen molar-refractivity contribution in [2.24, 2.45) is 10.1 Å². The fraction of sp³-hybridized carbons (Fsp3) is 0.211. The number of amides is 1. The zero-order chi connectivity index (χ0) is 21.6. The summed E-state index contributed by atoms with van der Waals surface area (Å²) in [6, 6.07) is 7.27. The summed E-state index contributed by atoms with van der Waals surface area (Å²) in [4.78, 5) is 17.9. The average molecular weight is 619 g/mol. The van der Waals surface area contributed by atoms with Gasteiger partial charge in [-0.3, -0.25) is 15.1 Å². The molecule has 2 aliphatic rings. The normalized spacial score (nSPS) is 17.6. The number of nitrogens with one attached hydrogen (secondary N) is 1. The first-order valence-electron chi connectivity index (χ1n) is 8.80. The molecule has 0 aliphatic carbocycles. The minimum atomic E-state index is -0.646. The fourth-order valence-electron chi connectivity index (χ4n) is 3.21. The minimum Gasteiger partial charge on any atom is -0.503 e. The number of methoxy groups -OCH3 is 1. The topological polar surface area (TPSA) is 86.5 Å². The van der Waals surface area contributed by atoms with Gasteiger partial charge in [-0.05, 0) is 61.9 Å². The van der Waals surface area contributed by atoms with Crippen LogP contribution >= 0.6 is 59.6 Å². The lowest BCUT2D eigenvalue weighted by molar-refractivity contribution is -0.116. The van der Waals surface area contributed by atoms with Crippen LogP contribution in [-0.4, -0.2) is 34.1 Å². The standard InChI is InChI=1S/C19H15Br3N4O3S/c1-3-30-19-24-18(28)15-9-6-8(20)4-5-11(9)23-17(26(15)25-19)10-7-12(29-2)16(27)14(22)13(10)21/h4-7,17,27H,3H2,1-2H3,(H,24,25,28). The quantitative estimate of drug-likeness (QED) is 0.549. The van der Waals surface area contributed by atoms with E-state index in [1.807, 2.05) is 25.1 Å². The van der Waals surface area contributed by atoms with Crippen LogP contribution in [0.2, 0.25) is 0 Å². The Hall–Kier alpha value is -1.56. The Bertz CT molecular complexity index is 1220. The van der Waals surface area contributed by atoms with Crippen LogP contribution in [0.4, 0.5) is 0 Å². The summed E-state index contributed by atoms with van der Waals surface area (Å²) in [7, 11) is 1.48. The number of thioether (sulfide) groups is 1. The Morgan fingerprint density at radius 1 is 1.27 bits per heavy atom. The highest BCUT2D eigenvalue weighted by Crippen LogP contribution is 2.46. The number of fused-ring (bicyclic) bond motifs is 2. The van der Waals surface area contributed by atoms with Crippen molar-refractivity contribution in [3.63, 3.8) is 0 Å². The van der Waals surface area contributed by atoms with Gasteiger partial charge in [-0.15, -0.1) is 5.10 Å². The summed E-state index contributed by atoms with van der Waals surface area (Å²) in [5.74, 6) is 0.766. The van der Waals surface area contributed by atoms with Crippen LogP contribution < -0.4 is 20.6 Å². The lowest BCUT2D eigenvalue weighted by Crippen LogP contribution is -2.50. The molecule has 0 saturated carbocycles. The van der Waals surface area contributed by atoms with Crippen molar-refractivity contribution in [1.82, 2.24) is 10.3 Å². The van der Waals surface area contributed by atoms with E-state index >= 15 is 0 Å². The van der Waals surface area contributed by atoms with Crippen molar-refractivity contribution in [3.05, 3.63) is 53.8 Å². The largest absolute Gasteiger partial charge is 0.503 e. The van der Waals surface area contributed by atoms with Crippen molar-refractivity contribution in [2.45, 2.75) is 13.1 Å². The summed E-state index contributed by atoms with van der Waals surface area (Å²) in [5, 5.41) is 21.3. The molecule has 1 unspecified atom stereocenters. The van der Waals surface area contributed by atoms with E-state index in [9.17, 15) is 9.90 Å². The van der Waals surface area contributed by atoms with Crippen molar-refractivity contribution >= 4 is 76.3 Å². The summed E-state index contributed by atoms with van der Waals surface area (Å²) in [6.07, 6.45) is -0.646. The molecule has 2 aromatic rings. The predicted molar refractivity (Wildman–Crippen MR) is 127 cm³/mol. The molecule has 4 rings (SSSR count). The number of hydrazone groups is 1. The number of hydrogen-bond acceptors (Lipinski definition) is 7. The van der Waals surface area contributed by atoms with Gasteiger partial charge in [0.25, 0.3) is 5.91 Å². The van der Waals surface area contributed by atoms with Crippen molar-refractivity contribution < 1.29 is 14.6 Å². The molecule has 1 amide bonds. The Morgan fingerprint density at radius 3 is 2.73 bits per heavy atom. The maximum Gasteiger partial charge on any atom is 0.276 e. The molecular weight excluding hydrogens is 604 g/mol. The van der Waals surface area contributed by atoms with Crippen LogP contribution in [0.25, 0.3) is 5.70 Å². The van der Waals surface area contributed by atoms with E-state index in [2.05, 4.69) is 58.2 Å². The fourth-order valence-corrected chi connectivity index (χ4v) is 5.09. The van der Waals surface area contributed by atoms with Gasteiger partial charge in [0.2, 0.25) is 0 Å². The van der Waals surface area contributed by atoms with Gasteiger partial charge in [-0.1, -0.05) is 34.6 Å². The number of hydrogen-bond donors (Lipinski definition) is 2. The first kappa shape index (κ1) is 21.7. The van der Waals surface area contributed by atoms with E-state index in [1.165, 1.54) is 18.9 Å². The van der Waals surface area contributed by atoms with E-state index < -0.39 is 6.17 Å². The van der Waals surface area contributed by atoms with Gasteiger partial charge >= 0.3 is 0 Å². The molecule has 0 bridgehead atoms. The van der Waals surface area contributed by atoms with Crippen LogP contribution in [0.1, 0.15) is 18.7 Å². The molecule has 0 saturated heterocycles. The van der Waals surface area contributed by atoms with E-state index in [0.29, 0.717) is 35.9 Å². The predicted octanol–water partition coefficient (Wildman–Crippen LogP) is 3.58. The molecule has 0 spiro atoms. The number of phenolic OH excluding ortho intramolecular Hbond substituents is 1. The number of nitrogens with zero attached hydrogens (tertiary/aromatic N) is 3. The molecule has 0 radical (unpaired) electrons. The van der Waals surface area contributed by atoms with Gasteiger partial charge in [0.15, 0.2) is 22.8 Å². The zero-order valence-corrected chi connectivity index (χ0v) is 21.3. The second kappa shape index (κ2) is 8.52. The molecule has 30 heavy (non-hydrogen) atoms. The van der Waals surface area contributed by atoms with E-state index in [0.717, 1.165) is 10.2 Å². The first-order valence-corrected chi connectivity index (χ1v) is 12.2. The van der Waals surface area contributed by atoms with Gasteiger partial charge in [-0.25, -0.2) is 5.01 Å². The monoisotopic (exact) mass is 616 g/mol. The van der Waals surface area contributed by atoms with Crippen molar-refractivity contribution in [3.8, 4) is 11.5 Å². The van der Waals surface area contributed by atoms with E-state index in [1.54, 1.807) is 11.1 Å². The van der Waals surface area contributed by atoms with Gasteiger partial charge < -0.3 is 9.84 Å². The molecule has 1 atom stereocenters. The number of phenols is 1. The van der Waals surface area contributed by atoms with Gasteiger partial charge in [0.1, 0.15) is 5.70 Å². The number of amidine groups is 1. The van der Waals surface area contributed by atoms with Crippen molar-refractivity contribution in [2.75, 3.05) is 12.9 Å². The molecule has 0 aromatic heterocycles. The number of carbonyl (C=O) groups excluding carboxylic acids is 1. The average Bonchev–Trinajstić information content (AvgIpc) is 2.72. The lowest BCUT2D eigenvalue weighted by Gasteiger charge is -2.34. The summed E-state index contributed by atoms with van der Waals surface area (Å²) >= 11 is 11.8. The summed E-state index contributed by atoms with van der Waals surface area (Å²) < 4.78 is 7.19. The van der Waals surface area contributed by atoms with Crippen molar-refractivity contribution in [1.29, 1.82) is 0 Å². The SMILES string of the molecule is CCSC1=NN2C(=c3cc(Br)ccc3=NC2c2cc(OC)c(O)c(Br)c2Br)C(=O)N1. The van der Waals surface area contributed by atoms with Gasteiger partial charge in [0, 0.05) is 19.7 Å². The molecule has 2 aliphatic heterocycles. The third-order valence-corrected chi connectivity index (χ3v) is 7.92.